The fraction of sp³-hybridized carbons (Fsp3) is 0.300. The van der Waals surface area contributed by atoms with Crippen molar-refractivity contribution in [3.8, 4) is 5.75 Å². The van der Waals surface area contributed by atoms with E-state index in [0.29, 0.717) is 28.9 Å². The molecule has 0 aliphatic carbocycles. The van der Waals surface area contributed by atoms with Gasteiger partial charge >= 0.3 is 11.9 Å². The van der Waals surface area contributed by atoms with E-state index in [0.717, 1.165) is 12.8 Å². The molecule has 5 heteroatoms. The van der Waals surface area contributed by atoms with Gasteiger partial charge in [-0.1, -0.05) is 31.5 Å². The lowest BCUT2D eigenvalue weighted by molar-refractivity contribution is 0.0494. The minimum Gasteiger partial charge on any atom is -0.462 e. The molecule has 0 heterocycles. The highest BCUT2D eigenvalue weighted by Crippen LogP contribution is 2.17. The quantitative estimate of drug-likeness (QED) is 0.389. The number of hydrogen-bond donors (Lipinski definition) is 0. The minimum atomic E-state index is -0.545. The molecule has 0 N–H and O–H groups in total. The van der Waals surface area contributed by atoms with E-state index in [2.05, 4.69) is 13.8 Å². The van der Waals surface area contributed by atoms with E-state index in [9.17, 15) is 9.59 Å². The van der Waals surface area contributed by atoms with E-state index in [1.165, 1.54) is 6.07 Å². The number of rotatable bonds is 7. The van der Waals surface area contributed by atoms with Gasteiger partial charge in [-0.15, -0.1) is 0 Å². The monoisotopic (exact) mass is 360 g/mol. The van der Waals surface area contributed by atoms with Gasteiger partial charge in [0.05, 0.1) is 17.7 Å². The number of hydrogen-bond acceptors (Lipinski definition) is 4. The molecule has 0 aliphatic rings. The maximum Gasteiger partial charge on any atom is 0.343 e. The molecule has 2 aromatic carbocycles. The maximum absolute atomic E-state index is 12.2. The first-order valence-corrected chi connectivity index (χ1v) is 8.58. The van der Waals surface area contributed by atoms with Crippen LogP contribution in [0, 0.1) is 5.92 Å². The molecule has 25 heavy (non-hydrogen) atoms. The van der Waals surface area contributed by atoms with Crippen LogP contribution in [0.3, 0.4) is 0 Å². The zero-order valence-corrected chi connectivity index (χ0v) is 15.1. The first-order chi connectivity index (χ1) is 12.0. The summed E-state index contributed by atoms with van der Waals surface area (Å²) in [5.41, 5.74) is 0.613. The Morgan fingerprint density at radius 3 is 2.28 bits per heavy atom. The summed E-state index contributed by atoms with van der Waals surface area (Å²) in [5.74, 6) is -0.0255. The maximum atomic E-state index is 12.2. The summed E-state index contributed by atoms with van der Waals surface area (Å²) in [6, 6.07) is 12.8. The molecule has 0 aromatic heterocycles. The molecule has 0 radical (unpaired) electrons. The topological polar surface area (TPSA) is 52.6 Å². The highest BCUT2D eigenvalue weighted by molar-refractivity contribution is 6.30. The van der Waals surface area contributed by atoms with Gasteiger partial charge in [-0.05, 0) is 61.2 Å². The Kier molecular flexibility index (Phi) is 7.02. The van der Waals surface area contributed by atoms with Crippen LogP contribution >= 0.6 is 11.6 Å². The van der Waals surface area contributed by atoms with Crippen LogP contribution in [0.1, 0.15) is 47.4 Å². The fourth-order valence-corrected chi connectivity index (χ4v) is 2.31. The molecule has 4 nitrogen and oxygen atoms in total. The summed E-state index contributed by atoms with van der Waals surface area (Å²) in [7, 11) is 0. The van der Waals surface area contributed by atoms with Gasteiger partial charge in [-0.25, -0.2) is 9.59 Å². The Morgan fingerprint density at radius 2 is 1.64 bits per heavy atom. The lowest BCUT2D eigenvalue weighted by atomic mass is 10.1. The molecule has 0 fully saturated rings. The van der Waals surface area contributed by atoms with Gasteiger partial charge in [0.15, 0.2) is 0 Å². The Morgan fingerprint density at radius 1 is 1.00 bits per heavy atom. The fourth-order valence-electron chi connectivity index (χ4n) is 2.18. The number of benzene rings is 2. The molecule has 0 saturated heterocycles. The zero-order valence-electron chi connectivity index (χ0n) is 14.3. The van der Waals surface area contributed by atoms with Gasteiger partial charge < -0.3 is 9.47 Å². The van der Waals surface area contributed by atoms with Crippen LogP contribution in [0.25, 0.3) is 0 Å². The first kappa shape index (κ1) is 19.0. The highest BCUT2D eigenvalue weighted by atomic mass is 35.5. The van der Waals surface area contributed by atoms with Crippen LogP contribution in [0.15, 0.2) is 48.5 Å². The van der Waals surface area contributed by atoms with Crippen molar-refractivity contribution in [2.24, 2.45) is 5.92 Å². The van der Waals surface area contributed by atoms with E-state index >= 15 is 0 Å². The number of ether oxygens (including phenoxy) is 2. The molecule has 0 bridgehead atoms. The summed E-state index contributed by atoms with van der Waals surface area (Å²) in [5, 5.41) is 0.557. The van der Waals surface area contributed by atoms with Crippen LogP contribution in [0.2, 0.25) is 5.02 Å². The van der Waals surface area contributed by atoms with Crippen LogP contribution in [0.4, 0.5) is 0 Å². The summed E-state index contributed by atoms with van der Waals surface area (Å²) >= 11 is 5.80. The summed E-state index contributed by atoms with van der Waals surface area (Å²) < 4.78 is 10.5. The Bertz CT molecular complexity index is 723. The predicted octanol–water partition coefficient (Wildman–Crippen LogP) is 5.15. The number of halogens is 1. The van der Waals surface area contributed by atoms with Crippen LogP contribution in [-0.4, -0.2) is 18.5 Å². The molecule has 132 valence electrons. The van der Waals surface area contributed by atoms with Crippen molar-refractivity contribution in [3.05, 3.63) is 64.7 Å². The molecule has 0 atom stereocenters. The molecule has 0 saturated carbocycles. The second kappa shape index (κ2) is 9.23. The van der Waals surface area contributed by atoms with Crippen LogP contribution < -0.4 is 4.74 Å². The largest absolute Gasteiger partial charge is 0.462 e. The van der Waals surface area contributed by atoms with Crippen molar-refractivity contribution in [3.63, 3.8) is 0 Å². The van der Waals surface area contributed by atoms with Crippen molar-refractivity contribution < 1.29 is 19.1 Å². The Balaban J connectivity index is 1.96. The summed E-state index contributed by atoms with van der Waals surface area (Å²) in [4.78, 5) is 24.3. The van der Waals surface area contributed by atoms with Crippen molar-refractivity contribution >= 4 is 23.5 Å². The van der Waals surface area contributed by atoms with Crippen molar-refractivity contribution in [1.82, 2.24) is 0 Å². The summed E-state index contributed by atoms with van der Waals surface area (Å²) in [6.07, 6.45) is 1.82. The number of esters is 2. The molecule has 0 spiro atoms. The average Bonchev–Trinajstić information content (AvgIpc) is 2.60. The van der Waals surface area contributed by atoms with Gasteiger partial charge in [0.1, 0.15) is 5.75 Å². The molecular weight excluding hydrogens is 340 g/mol. The second-order valence-electron chi connectivity index (χ2n) is 6.10. The lowest BCUT2D eigenvalue weighted by Crippen LogP contribution is -2.11. The SMILES string of the molecule is CC(C)CCCOC(=O)c1cccc(C(=O)Oc2ccc(Cl)cc2)c1. The van der Waals surface area contributed by atoms with E-state index in [4.69, 9.17) is 21.1 Å². The third kappa shape index (κ3) is 6.24. The molecule has 2 aromatic rings. The molecule has 0 amide bonds. The molecule has 0 unspecified atom stereocenters. The van der Waals surface area contributed by atoms with E-state index in [1.54, 1.807) is 42.5 Å². The van der Waals surface area contributed by atoms with Crippen LogP contribution in [0.5, 0.6) is 5.75 Å². The smallest absolute Gasteiger partial charge is 0.343 e. The first-order valence-electron chi connectivity index (χ1n) is 8.20. The molecule has 0 aliphatic heterocycles. The van der Waals surface area contributed by atoms with Crippen molar-refractivity contribution in [2.45, 2.75) is 26.7 Å². The Labute approximate surface area is 152 Å². The number of carbonyl (C=O) groups excluding carboxylic acids is 2. The zero-order chi connectivity index (χ0) is 18.2. The highest BCUT2D eigenvalue weighted by Gasteiger charge is 2.13. The normalized spacial score (nSPS) is 10.6. The van der Waals surface area contributed by atoms with Gasteiger partial charge in [0, 0.05) is 5.02 Å². The Hall–Kier alpha value is -2.33. The van der Waals surface area contributed by atoms with E-state index < -0.39 is 11.9 Å². The van der Waals surface area contributed by atoms with E-state index in [-0.39, 0.29) is 5.56 Å². The van der Waals surface area contributed by atoms with Crippen LogP contribution in [-0.2, 0) is 4.74 Å². The third-order valence-electron chi connectivity index (χ3n) is 3.52. The van der Waals surface area contributed by atoms with Gasteiger partial charge in [0.2, 0.25) is 0 Å². The van der Waals surface area contributed by atoms with E-state index in [1.807, 2.05) is 0 Å². The summed E-state index contributed by atoms with van der Waals surface area (Å²) in [6.45, 7) is 4.62. The van der Waals surface area contributed by atoms with Gasteiger partial charge in [-0.2, -0.15) is 0 Å². The van der Waals surface area contributed by atoms with Gasteiger partial charge in [0.25, 0.3) is 0 Å². The standard InChI is InChI=1S/C20H21ClO4/c1-14(2)5-4-12-24-19(22)15-6-3-7-16(13-15)20(23)25-18-10-8-17(21)9-11-18/h3,6-11,13-14H,4-5,12H2,1-2H3. The molecule has 2 rings (SSSR count). The average molecular weight is 361 g/mol. The van der Waals surface area contributed by atoms with Crippen molar-refractivity contribution in [1.29, 1.82) is 0 Å². The van der Waals surface area contributed by atoms with Gasteiger partial charge in [-0.3, -0.25) is 0 Å². The molecular formula is C20H21ClO4. The predicted molar refractivity (Wildman–Crippen MR) is 97.2 cm³/mol. The lowest BCUT2D eigenvalue weighted by Gasteiger charge is -2.08. The third-order valence-corrected chi connectivity index (χ3v) is 3.77. The second-order valence-corrected chi connectivity index (χ2v) is 6.53. The van der Waals surface area contributed by atoms with Crippen molar-refractivity contribution in [2.75, 3.05) is 6.61 Å². The minimum absolute atomic E-state index is 0.284. The number of carbonyl (C=O) groups is 2.